The Labute approximate surface area is 123 Å². The topological polar surface area (TPSA) is 72.7 Å². The zero-order chi connectivity index (χ0) is 15.8. The number of rotatable bonds is 7. The van der Waals surface area contributed by atoms with Crippen LogP contribution in [-0.4, -0.2) is 35.4 Å². The van der Waals surface area contributed by atoms with Gasteiger partial charge in [-0.05, 0) is 19.4 Å². The quantitative estimate of drug-likeness (QED) is 0.439. The predicted molar refractivity (Wildman–Crippen MR) is 79.3 cm³/mol. The number of nitro groups is 1. The Kier molecular flexibility index (Phi) is 6.21. The largest absolute Gasteiger partial charge is 0.487 e. The first-order chi connectivity index (χ1) is 10.1. The lowest BCUT2D eigenvalue weighted by molar-refractivity contribution is -0.385. The van der Waals surface area contributed by atoms with Gasteiger partial charge in [-0.25, -0.2) is 0 Å². The maximum absolute atomic E-state index is 12.5. The highest BCUT2D eigenvalue weighted by molar-refractivity contribution is 5.98. The van der Waals surface area contributed by atoms with Crippen molar-refractivity contribution >= 4 is 11.6 Å². The van der Waals surface area contributed by atoms with Crippen molar-refractivity contribution in [1.82, 2.24) is 4.90 Å². The van der Waals surface area contributed by atoms with E-state index in [9.17, 15) is 14.9 Å². The SMILES string of the molecule is C#CCN(CCC)C(=O)c1cccc([N+](=O)[O-])c1OCC. The van der Waals surface area contributed by atoms with E-state index in [1.54, 1.807) is 6.92 Å². The van der Waals surface area contributed by atoms with Gasteiger partial charge in [-0.1, -0.05) is 18.9 Å². The number of carbonyl (C=O) groups is 1. The number of carbonyl (C=O) groups excluding carboxylic acids is 1. The minimum Gasteiger partial charge on any atom is -0.487 e. The monoisotopic (exact) mass is 290 g/mol. The van der Waals surface area contributed by atoms with Crippen LogP contribution in [0.4, 0.5) is 5.69 Å². The molecule has 1 amide bonds. The molecule has 112 valence electrons. The molecule has 0 aliphatic heterocycles. The summed E-state index contributed by atoms with van der Waals surface area (Å²) in [5, 5.41) is 11.1. The first-order valence-electron chi connectivity index (χ1n) is 6.69. The highest BCUT2D eigenvalue weighted by Gasteiger charge is 2.25. The number of terminal acetylenes is 1. The summed E-state index contributed by atoms with van der Waals surface area (Å²) < 4.78 is 5.32. The number of para-hydroxylation sites is 1. The average Bonchev–Trinajstić information content (AvgIpc) is 2.46. The van der Waals surface area contributed by atoms with Crippen LogP contribution in [0.2, 0.25) is 0 Å². The molecule has 0 bridgehead atoms. The lowest BCUT2D eigenvalue weighted by Crippen LogP contribution is -2.32. The number of benzene rings is 1. The van der Waals surface area contributed by atoms with Gasteiger partial charge in [0.2, 0.25) is 5.75 Å². The summed E-state index contributed by atoms with van der Waals surface area (Å²) in [7, 11) is 0. The molecule has 0 saturated carbocycles. The molecule has 0 heterocycles. The lowest BCUT2D eigenvalue weighted by atomic mass is 10.1. The van der Waals surface area contributed by atoms with Crippen LogP contribution < -0.4 is 4.74 Å². The summed E-state index contributed by atoms with van der Waals surface area (Å²) in [5.74, 6) is 2.06. The van der Waals surface area contributed by atoms with Gasteiger partial charge < -0.3 is 9.64 Å². The van der Waals surface area contributed by atoms with Gasteiger partial charge in [0.1, 0.15) is 0 Å². The normalized spacial score (nSPS) is 9.76. The maximum Gasteiger partial charge on any atom is 0.311 e. The Balaban J connectivity index is 3.27. The molecular formula is C15H18N2O4. The summed E-state index contributed by atoms with van der Waals surface area (Å²) >= 11 is 0. The third-order valence-electron chi connectivity index (χ3n) is 2.77. The third kappa shape index (κ3) is 3.96. The molecule has 0 aliphatic carbocycles. The number of nitro benzene ring substituents is 1. The van der Waals surface area contributed by atoms with E-state index in [0.717, 1.165) is 6.42 Å². The van der Waals surface area contributed by atoms with Crippen LogP contribution >= 0.6 is 0 Å². The second kappa shape index (κ2) is 7.90. The van der Waals surface area contributed by atoms with Crippen LogP contribution in [-0.2, 0) is 0 Å². The summed E-state index contributed by atoms with van der Waals surface area (Å²) in [6.45, 7) is 4.50. The number of amides is 1. The fourth-order valence-corrected chi connectivity index (χ4v) is 1.94. The molecule has 1 rings (SSSR count). The molecule has 1 aromatic rings. The smallest absolute Gasteiger partial charge is 0.311 e. The van der Waals surface area contributed by atoms with E-state index in [2.05, 4.69) is 5.92 Å². The van der Waals surface area contributed by atoms with Crippen molar-refractivity contribution in [2.75, 3.05) is 19.7 Å². The van der Waals surface area contributed by atoms with E-state index in [4.69, 9.17) is 11.2 Å². The molecule has 0 saturated heterocycles. The minimum atomic E-state index is -0.562. The Morgan fingerprint density at radius 1 is 1.48 bits per heavy atom. The molecule has 0 radical (unpaired) electrons. The zero-order valence-corrected chi connectivity index (χ0v) is 12.2. The van der Waals surface area contributed by atoms with E-state index >= 15 is 0 Å². The van der Waals surface area contributed by atoms with E-state index in [0.29, 0.717) is 6.54 Å². The van der Waals surface area contributed by atoms with E-state index < -0.39 is 4.92 Å². The second-order valence-electron chi connectivity index (χ2n) is 4.27. The van der Waals surface area contributed by atoms with Crippen LogP contribution in [0.5, 0.6) is 5.75 Å². The van der Waals surface area contributed by atoms with Crippen LogP contribution in [0.25, 0.3) is 0 Å². The number of ether oxygens (including phenoxy) is 1. The van der Waals surface area contributed by atoms with Crippen LogP contribution in [0.15, 0.2) is 18.2 Å². The van der Waals surface area contributed by atoms with Gasteiger partial charge in [0.05, 0.1) is 23.6 Å². The molecule has 6 heteroatoms. The maximum atomic E-state index is 12.5. The fraction of sp³-hybridized carbons (Fsp3) is 0.400. The van der Waals surface area contributed by atoms with Crippen molar-refractivity contribution in [3.8, 4) is 18.1 Å². The molecule has 0 N–H and O–H groups in total. The van der Waals surface area contributed by atoms with E-state index in [1.807, 2.05) is 6.92 Å². The van der Waals surface area contributed by atoms with Crippen LogP contribution in [0.1, 0.15) is 30.6 Å². The van der Waals surface area contributed by atoms with Crippen molar-refractivity contribution in [3.05, 3.63) is 33.9 Å². The summed E-state index contributed by atoms with van der Waals surface area (Å²) in [6.07, 6.45) is 6.01. The van der Waals surface area contributed by atoms with Gasteiger partial charge in [-0.3, -0.25) is 14.9 Å². The average molecular weight is 290 g/mol. The second-order valence-corrected chi connectivity index (χ2v) is 4.27. The van der Waals surface area contributed by atoms with Crippen molar-refractivity contribution in [1.29, 1.82) is 0 Å². The molecule has 0 fully saturated rings. The minimum absolute atomic E-state index is 0.00637. The fourth-order valence-electron chi connectivity index (χ4n) is 1.94. The number of hydrogen-bond donors (Lipinski definition) is 0. The van der Waals surface area contributed by atoms with Crippen molar-refractivity contribution in [2.24, 2.45) is 0 Å². The highest BCUT2D eigenvalue weighted by atomic mass is 16.6. The van der Waals surface area contributed by atoms with Gasteiger partial charge in [-0.2, -0.15) is 0 Å². The standard InChI is InChI=1S/C15H18N2O4/c1-4-10-16(11-5-2)15(18)12-8-7-9-13(17(19)20)14(12)21-6-3/h1,7-9H,5-6,10-11H2,2-3H3. The van der Waals surface area contributed by atoms with E-state index in [1.165, 1.54) is 23.1 Å². The molecule has 21 heavy (non-hydrogen) atoms. The third-order valence-corrected chi connectivity index (χ3v) is 2.77. The molecular weight excluding hydrogens is 272 g/mol. The van der Waals surface area contributed by atoms with Gasteiger partial charge in [0, 0.05) is 12.6 Å². The molecule has 0 aliphatic rings. The molecule has 0 aromatic heterocycles. The Morgan fingerprint density at radius 3 is 2.71 bits per heavy atom. The zero-order valence-electron chi connectivity index (χ0n) is 12.2. The molecule has 0 unspecified atom stereocenters. The Morgan fingerprint density at radius 2 is 2.19 bits per heavy atom. The van der Waals surface area contributed by atoms with Crippen molar-refractivity contribution in [2.45, 2.75) is 20.3 Å². The van der Waals surface area contributed by atoms with Crippen molar-refractivity contribution in [3.63, 3.8) is 0 Å². The van der Waals surface area contributed by atoms with Gasteiger partial charge >= 0.3 is 5.69 Å². The molecule has 6 nitrogen and oxygen atoms in total. The highest BCUT2D eigenvalue weighted by Crippen LogP contribution is 2.31. The summed E-state index contributed by atoms with van der Waals surface area (Å²) in [4.78, 5) is 24.5. The Hall–Kier alpha value is -2.55. The molecule has 0 spiro atoms. The first kappa shape index (κ1) is 16.5. The van der Waals surface area contributed by atoms with Gasteiger partial charge in [-0.15, -0.1) is 6.42 Å². The lowest BCUT2D eigenvalue weighted by Gasteiger charge is -2.20. The van der Waals surface area contributed by atoms with Crippen LogP contribution in [0, 0.1) is 22.5 Å². The molecule has 0 atom stereocenters. The summed E-state index contributed by atoms with van der Waals surface area (Å²) in [6, 6.07) is 4.29. The summed E-state index contributed by atoms with van der Waals surface area (Å²) in [5.41, 5.74) is -0.0605. The van der Waals surface area contributed by atoms with E-state index in [-0.39, 0.29) is 36.1 Å². The first-order valence-corrected chi connectivity index (χ1v) is 6.69. The van der Waals surface area contributed by atoms with Crippen LogP contribution in [0.3, 0.4) is 0 Å². The number of hydrogen-bond acceptors (Lipinski definition) is 4. The van der Waals surface area contributed by atoms with Gasteiger partial charge in [0.15, 0.2) is 0 Å². The predicted octanol–water partition coefficient (Wildman–Crippen LogP) is 2.48. The van der Waals surface area contributed by atoms with Gasteiger partial charge in [0.25, 0.3) is 5.91 Å². The Bertz CT molecular complexity index is 563. The number of nitrogens with zero attached hydrogens (tertiary/aromatic N) is 2. The van der Waals surface area contributed by atoms with Crippen molar-refractivity contribution < 1.29 is 14.5 Å². The molecule has 1 aromatic carbocycles.